The number of carbonyl (C=O) groups excluding carboxylic acids is 8. The summed E-state index contributed by atoms with van der Waals surface area (Å²) in [5, 5.41) is 158. The minimum Gasteiger partial charge on any atom is -0.867 e. The topological polar surface area (TPSA) is 642 Å². The van der Waals surface area contributed by atoms with E-state index < -0.39 is 29.6 Å². The highest BCUT2D eigenvalue weighted by Gasteiger charge is 2.23. The molecule has 8 amide bonds. The van der Waals surface area contributed by atoms with Crippen molar-refractivity contribution in [1.82, 2.24) is 0 Å². The number of benzene rings is 8. The van der Waals surface area contributed by atoms with E-state index in [0.717, 1.165) is 0 Å². The number of nitrogens with one attached hydrogen (secondary N) is 8. The monoisotopic (exact) mass is 2090 g/mol. The number of rotatable bonds is 8. The lowest BCUT2D eigenvalue weighted by Gasteiger charge is -2.09. The fourth-order valence-electron chi connectivity index (χ4n) is 7.30. The number of nitrogens with zero attached hydrogens (tertiary/aromatic N) is 16. The quantitative estimate of drug-likeness (QED) is 0.0398. The third kappa shape index (κ3) is 55.0. The van der Waals surface area contributed by atoms with Gasteiger partial charge in [-0.3, -0.25) is 38.4 Å². The number of carbonyl (C=O) groups is 8. The highest BCUT2D eigenvalue weighted by atomic mass is 35.5. The SMILES string of the molecule is CC(=O)Nc1c(Cl)cc([N+]#N)cc1Cl.CC(=O)Nc1c(Cl)cc([N+]#N)cc1Cl.CC(=O)Nc1c(Cl)cc([N+]#N)cc1Cl.CC(=O)Nc1c(Cl)cc([N+]#N)cc1Cl.CC(=O)Nc1c(Cl)cc([N+]#N)cc1Cl.CC(=O)Nc1c(Cl)cc([N+]#N)cc1Cl.CC(=O)Nc1c(Cl)cc([N+]#N)cc1Cl.CC(=O)Nc1c(Cl)cc([N+]#N)cc1Cl.[O-]B([O-])F.[O-]B([O-])F.[O-]B([O-])F.[O-]B([O-])F. The first-order valence-electron chi connectivity index (χ1n) is 32.0. The molecular weight excluding hydrogens is 2050 g/mol. The number of diazo groups is 8. The summed E-state index contributed by atoms with van der Waals surface area (Å²) < 4.78 is 39.6. The Kier molecular flexibility index (Phi) is 63.4. The Labute approximate surface area is 801 Å². The summed E-state index contributed by atoms with van der Waals surface area (Å²) in [6.07, 6.45) is 0. The van der Waals surface area contributed by atoms with Crippen LogP contribution in [0.2, 0.25) is 80.4 Å². The summed E-state index contributed by atoms with van der Waals surface area (Å²) in [4.78, 5) is 110. The van der Waals surface area contributed by atoms with Gasteiger partial charge in [-0.2, -0.15) is 0 Å². The van der Waals surface area contributed by atoms with Gasteiger partial charge in [0.05, 0.1) is 223 Å². The molecule has 40 nitrogen and oxygen atoms in total. The van der Waals surface area contributed by atoms with Crippen LogP contribution in [0.4, 0.5) is 108 Å². The summed E-state index contributed by atoms with van der Waals surface area (Å²) >= 11 is 92.6. The molecule has 0 saturated heterocycles. The molecule has 0 saturated carbocycles. The molecule has 0 heterocycles. The van der Waals surface area contributed by atoms with Crippen LogP contribution in [-0.4, -0.2) is 76.8 Å². The maximum Gasteiger partial charge on any atom is 0.388 e. The van der Waals surface area contributed by atoms with Gasteiger partial charge in [-0.15, -0.1) is 0 Å². The van der Waals surface area contributed by atoms with Crippen molar-refractivity contribution in [2.75, 3.05) is 42.5 Å². The van der Waals surface area contributed by atoms with Crippen molar-refractivity contribution in [3.8, 4) is 0 Å². The minimum atomic E-state index is -3.17. The molecule has 8 aromatic rings. The van der Waals surface area contributed by atoms with Crippen LogP contribution in [0.1, 0.15) is 55.4 Å². The molecule has 64 heteroatoms. The minimum absolute atomic E-state index is 0.223. The van der Waals surface area contributed by atoms with E-state index in [0.29, 0.717) is 45.5 Å². The van der Waals surface area contributed by atoms with Crippen LogP contribution in [0.15, 0.2) is 97.1 Å². The highest BCUT2D eigenvalue weighted by molar-refractivity contribution is 6.45. The molecule has 672 valence electrons. The van der Waals surface area contributed by atoms with Gasteiger partial charge in [0, 0.05) is 55.4 Å². The number of halogens is 20. The van der Waals surface area contributed by atoms with Crippen molar-refractivity contribution in [2.24, 2.45) is 0 Å². The first-order valence-corrected chi connectivity index (χ1v) is 38.1. The van der Waals surface area contributed by atoms with Gasteiger partial charge in [0.1, 0.15) is 29.6 Å². The number of amides is 8. The van der Waals surface area contributed by atoms with Crippen LogP contribution < -0.4 is 82.7 Å². The lowest BCUT2D eigenvalue weighted by Crippen LogP contribution is -2.39. The Hall–Kier alpha value is -10.8. The second-order valence-electron chi connectivity index (χ2n) is 21.6. The predicted molar refractivity (Wildman–Crippen MR) is 472 cm³/mol. The normalized spacial score (nSPS) is 8.97. The molecule has 8 aromatic carbocycles. The Morgan fingerprint density at radius 1 is 0.203 bits per heavy atom. The molecule has 0 aliphatic heterocycles. The van der Waals surface area contributed by atoms with Gasteiger partial charge in [-0.05, 0) is 0 Å². The van der Waals surface area contributed by atoms with Crippen LogP contribution in [0.25, 0.3) is 39.8 Å². The van der Waals surface area contributed by atoms with Gasteiger partial charge < -0.3 is 100.0 Å². The standard InChI is InChI=1S/8C8H5Cl2N3O.4BFO2/c8*1-4(14)12-8-6(9)2-5(13-11)3-7(8)10;4*2-1(3)4/h8*2-3H,1H3;;;;/q;;;;;;;;4*-2/p+8. The molecule has 0 fully saturated rings. The Balaban J connectivity index is -0.000000669. The van der Waals surface area contributed by atoms with Crippen molar-refractivity contribution >= 4 is 353 Å². The van der Waals surface area contributed by atoms with Gasteiger partial charge in [0.15, 0.2) is 39.8 Å². The molecule has 8 rings (SSSR count). The van der Waals surface area contributed by atoms with Crippen LogP contribution >= 0.6 is 186 Å². The van der Waals surface area contributed by atoms with Crippen LogP contribution in [0.5, 0.6) is 0 Å². The third-order valence-corrected chi connectivity index (χ3v) is 16.3. The van der Waals surface area contributed by atoms with Crippen LogP contribution in [-0.2, 0) is 38.4 Å². The largest absolute Gasteiger partial charge is 0.867 e. The molecule has 0 bridgehead atoms. The molecule has 0 radical (unpaired) electrons. The van der Waals surface area contributed by atoms with Gasteiger partial charge in [0.25, 0.3) is 0 Å². The van der Waals surface area contributed by atoms with E-state index in [1.165, 1.54) is 152 Å². The maximum atomic E-state index is 10.8. The summed E-state index contributed by atoms with van der Waals surface area (Å²) in [5.74, 6) is -2.20. The smallest absolute Gasteiger partial charge is 0.388 e. The van der Waals surface area contributed by atoms with E-state index in [1.807, 2.05) is 0 Å². The average molecular weight is 2100 g/mol. The Morgan fingerprint density at radius 2 is 0.258 bits per heavy atom. The number of anilines is 8. The van der Waals surface area contributed by atoms with E-state index in [2.05, 4.69) is 82.3 Å². The maximum absolute atomic E-state index is 10.8. The molecule has 0 spiro atoms. The predicted octanol–water partition coefficient (Wildman–Crippen LogP) is 18.1. The van der Waals surface area contributed by atoms with Crippen molar-refractivity contribution in [3.63, 3.8) is 0 Å². The first-order chi connectivity index (χ1) is 59.3. The number of hydrogen-bond acceptors (Lipinski definition) is 24. The van der Waals surface area contributed by atoms with E-state index in [9.17, 15) is 55.6 Å². The second-order valence-corrected chi connectivity index (χ2v) is 28.1. The number of hydrogen-bond donors (Lipinski definition) is 8. The summed E-state index contributed by atoms with van der Waals surface area (Å²) in [7, 11) is -12.7. The van der Waals surface area contributed by atoms with E-state index in [1.54, 1.807) is 0 Å². The zero-order chi connectivity index (χ0) is 100. The van der Waals surface area contributed by atoms with Crippen molar-refractivity contribution < 1.29 is 95.8 Å². The van der Waals surface area contributed by atoms with E-state index in [4.69, 9.17) is 269 Å². The fourth-order valence-corrected chi connectivity index (χ4v) is 11.9. The lowest BCUT2D eigenvalue weighted by atomic mass is 10.3. The molecule has 0 unspecified atom stereocenters. The zero-order valence-corrected chi connectivity index (χ0v) is 76.9. The summed E-state index contributed by atoms with van der Waals surface area (Å²) in [6.45, 7) is 10.8. The van der Waals surface area contributed by atoms with Crippen molar-refractivity contribution in [3.05, 3.63) is 217 Å². The van der Waals surface area contributed by atoms with Gasteiger partial charge in [-0.25, -0.2) is 0 Å². The van der Waals surface area contributed by atoms with Crippen LogP contribution in [0.3, 0.4) is 0 Å². The first kappa shape index (κ1) is 123. The van der Waals surface area contributed by atoms with Gasteiger partial charge >= 0.3 is 45.5 Å². The van der Waals surface area contributed by atoms with E-state index in [-0.39, 0.29) is 173 Å². The third-order valence-electron chi connectivity index (χ3n) is 11.5. The van der Waals surface area contributed by atoms with Crippen molar-refractivity contribution in [1.29, 1.82) is 43.1 Å². The molecule has 0 aromatic heterocycles. The second kappa shape index (κ2) is 65.7. The molecular formula is C64H48B4Cl16F4N24O16. The highest BCUT2D eigenvalue weighted by Crippen LogP contribution is 2.42. The summed E-state index contributed by atoms with van der Waals surface area (Å²) in [5.41, 5.74) is 4.35. The molecule has 8 N–H and O–H groups in total. The molecule has 0 atom stereocenters. The van der Waals surface area contributed by atoms with Crippen LogP contribution in [0, 0.1) is 43.1 Å². The zero-order valence-electron chi connectivity index (χ0n) is 64.8. The Morgan fingerprint density at radius 3 is 0.297 bits per heavy atom. The fraction of sp³-hybridized carbons (Fsp3) is 0.125. The molecule has 0 aliphatic rings. The van der Waals surface area contributed by atoms with Gasteiger partial charge in [-0.1, -0.05) is 186 Å². The van der Waals surface area contributed by atoms with Crippen molar-refractivity contribution in [2.45, 2.75) is 55.4 Å². The Bertz CT molecular complexity index is 4460. The van der Waals surface area contributed by atoms with Gasteiger partial charge in [0.2, 0.25) is 90.4 Å². The lowest BCUT2D eigenvalue weighted by molar-refractivity contribution is -0.368. The molecule has 128 heavy (non-hydrogen) atoms. The summed E-state index contributed by atoms with van der Waals surface area (Å²) in [6, 6.07) is 22.2. The molecule has 0 aliphatic carbocycles. The average Bonchev–Trinajstić information content (AvgIpc) is 0.896. The van der Waals surface area contributed by atoms with E-state index >= 15 is 0 Å².